The molecule has 4 saturated carbocycles. The van der Waals surface area contributed by atoms with Crippen molar-refractivity contribution in [2.24, 2.45) is 23.2 Å². The SMILES string of the molecule is O=C(N[C@H]1CCC2(CCN([C@@H]3C[C@@H]4CCC5CC54C3)CC2)c2ccccc21)C1CC1.[HH].[HH]. The molecule has 1 heterocycles. The highest BCUT2D eigenvalue weighted by Crippen LogP contribution is 2.73. The Labute approximate surface area is 184 Å². The van der Waals surface area contributed by atoms with Crippen molar-refractivity contribution in [1.82, 2.24) is 10.2 Å². The molecular weight excluding hydrogens is 368 g/mol. The molecule has 1 N–H and O–H groups in total. The van der Waals surface area contributed by atoms with Crippen molar-refractivity contribution in [2.75, 3.05) is 13.1 Å². The highest BCUT2D eigenvalue weighted by Gasteiger charge is 2.66. The molecule has 3 nitrogen and oxygen atoms in total. The van der Waals surface area contributed by atoms with Gasteiger partial charge in [0.05, 0.1) is 6.04 Å². The zero-order chi connectivity index (χ0) is 19.9. The molecule has 6 aliphatic rings. The zero-order valence-corrected chi connectivity index (χ0v) is 18.2. The topological polar surface area (TPSA) is 32.3 Å². The number of amides is 1. The molecule has 0 aromatic heterocycles. The van der Waals surface area contributed by atoms with Crippen LogP contribution in [-0.4, -0.2) is 29.9 Å². The number of hydrogen-bond donors (Lipinski definition) is 1. The number of likely N-dealkylation sites (tertiary alicyclic amines) is 1. The van der Waals surface area contributed by atoms with Gasteiger partial charge in [0.25, 0.3) is 0 Å². The van der Waals surface area contributed by atoms with Gasteiger partial charge in [-0.05, 0) is 118 Å². The lowest BCUT2D eigenvalue weighted by molar-refractivity contribution is -0.123. The number of nitrogens with one attached hydrogen (secondary N) is 1. The van der Waals surface area contributed by atoms with E-state index in [1.54, 1.807) is 12.0 Å². The zero-order valence-electron chi connectivity index (χ0n) is 18.2. The van der Waals surface area contributed by atoms with Crippen LogP contribution in [-0.2, 0) is 10.2 Å². The fraction of sp³-hybridized carbons (Fsp3) is 0.741. The minimum atomic E-state index is 0. The van der Waals surface area contributed by atoms with Crippen molar-refractivity contribution in [3.8, 4) is 0 Å². The second-order valence-corrected chi connectivity index (χ2v) is 11.8. The molecule has 1 amide bonds. The Hall–Kier alpha value is -1.35. The molecule has 1 saturated heterocycles. The summed E-state index contributed by atoms with van der Waals surface area (Å²) in [6, 6.07) is 10.2. The summed E-state index contributed by atoms with van der Waals surface area (Å²) in [7, 11) is 0. The molecule has 30 heavy (non-hydrogen) atoms. The lowest BCUT2D eigenvalue weighted by atomic mass is 9.63. The molecule has 2 spiro atoms. The van der Waals surface area contributed by atoms with Gasteiger partial charge in [-0.25, -0.2) is 0 Å². The number of piperidine rings is 1. The van der Waals surface area contributed by atoms with E-state index in [1.165, 1.54) is 63.6 Å². The lowest BCUT2D eigenvalue weighted by Crippen LogP contribution is -2.49. The van der Waals surface area contributed by atoms with Crippen molar-refractivity contribution < 1.29 is 7.65 Å². The maximum atomic E-state index is 12.4. The summed E-state index contributed by atoms with van der Waals surface area (Å²) in [4.78, 5) is 15.3. The standard InChI is InChI=1S/C27H36N2O.2H2/c30-25(18-5-6-18)28-24-9-10-26(23-4-2-1-3-22(23)24)11-13-29(14-12-26)21-15-19-7-8-20-16-27(19,20)17-21;;/h1-4,18-21,24H,5-17H2,(H,28,30);2*1H/t19-,20?,21+,24-,27?;;/m0../s1. The van der Waals surface area contributed by atoms with Gasteiger partial charge >= 0.3 is 0 Å². The van der Waals surface area contributed by atoms with Gasteiger partial charge in [-0.2, -0.15) is 0 Å². The molecule has 5 atom stereocenters. The number of carbonyl (C=O) groups excluding carboxylic acids is 1. The van der Waals surface area contributed by atoms with Crippen LogP contribution in [0.2, 0.25) is 0 Å². The fourth-order valence-corrected chi connectivity index (χ4v) is 8.49. The Morgan fingerprint density at radius 3 is 2.53 bits per heavy atom. The van der Waals surface area contributed by atoms with E-state index < -0.39 is 0 Å². The third kappa shape index (κ3) is 2.63. The second-order valence-electron chi connectivity index (χ2n) is 11.8. The first-order valence-electron chi connectivity index (χ1n) is 12.8. The van der Waals surface area contributed by atoms with E-state index in [0.717, 1.165) is 42.6 Å². The molecule has 5 aliphatic carbocycles. The average Bonchev–Trinajstić information content (AvgIpc) is 3.67. The van der Waals surface area contributed by atoms with E-state index in [1.807, 2.05) is 0 Å². The van der Waals surface area contributed by atoms with Crippen molar-refractivity contribution >= 4 is 5.91 Å². The largest absolute Gasteiger partial charge is 0.349 e. The van der Waals surface area contributed by atoms with Crippen LogP contribution in [0, 0.1) is 23.2 Å². The molecule has 1 aliphatic heterocycles. The third-order valence-corrected chi connectivity index (χ3v) is 10.5. The molecular formula is C27H40N2O. The van der Waals surface area contributed by atoms with Crippen molar-refractivity contribution in [2.45, 2.75) is 88.1 Å². The van der Waals surface area contributed by atoms with Crippen LogP contribution in [0.25, 0.3) is 0 Å². The maximum absolute atomic E-state index is 12.4. The van der Waals surface area contributed by atoms with Crippen LogP contribution in [0.3, 0.4) is 0 Å². The Morgan fingerprint density at radius 2 is 1.77 bits per heavy atom. The first kappa shape index (κ1) is 18.2. The highest BCUT2D eigenvalue weighted by atomic mass is 16.2. The van der Waals surface area contributed by atoms with Crippen LogP contribution in [0.15, 0.2) is 24.3 Å². The monoisotopic (exact) mass is 408 g/mol. The van der Waals surface area contributed by atoms with E-state index in [9.17, 15) is 4.79 Å². The van der Waals surface area contributed by atoms with Crippen molar-refractivity contribution in [3.63, 3.8) is 0 Å². The number of fused-ring (bicyclic) bond motifs is 2. The van der Waals surface area contributed by atoms with Gasteiger partial charge in [0.2, 0.25) is 5.91 Å². The molecule has 1 aromatic carbocycles. The molecule has 5 fully saturated rings. The number of nitrogens with zero attached hydrogens (tertiary/aromatic N) is 1. The van der Waals surface area contributed by atoms with Crippen LogP contribution in [0.5, 0.6) is 0 Å². The van der Waals surface area contributed by atoms with Gasteiger partial charge < -0.3 is 10.2 Å². The summed E-state index contributed by atoms with van der Waals surface area (Å²) in [5.74, 6) is 2.77. The number of rotatable bonds is 3. The second kappa shape index (κ2) is 6.34. The molecule has 0 radical (unpaired) electrons. The smallest absolute Gasteiger partial charge is 0.223 e. The normalized spacial score (nSPS) is 41.2. The summed E-state index contributed by atoms with van der Waals surface area (Å²) >= 11 is 0. The highest BCUT2D eigenvalue weighted by molar-refractivity contribution is 5.81. The summed E-state index contributed by atoms with van der Waals surface area (Å²) in [6.07, 6.45) is 14.8. The molecule has 0 bridgehead atoms. The molecule has 164 valence electrons. The first-order chi connectivity index (χ1) is 14.7. The predicted octanol–water partition coefficient (Wildman–Crippen LogP) is 5.45. The maximum Gasteiger partial charge on any atom is 0.223 e. The molecule has 2 unspecified atom stereocenters. The summed E-state index contributed by atoms with van der Waals surface area (Å²) in [5.41, 5.74) is 4.13. The van der Waals surface area contributed by atoms with Crippen LogP contribution < -0.4 is 5.32 Å². The Bertz CT molecular complexity index is 878. The molecule has 7 rings (SSSR count). The van der Waals surface area contributed by atoms with Gasteiger partial charge in [-0.1, -0.05) is 24.3 Å². The van der Waals surface area contributed by atoms with Crippen LogP contribution in [0.4, 0.5) is 0 Å². The third-order valence-electron chi connectivity index (χ3n) is 10.5. The minimum absolute atomic E-state index is 0. The Kier molecular flexibility index (Phi) is 3.86. The van der Waals surface area contributed by atoms with Crippen molar-refractivity contribution in [1.29, 1.82) is 0 Å². The predicted molar refractivity (Wildman–Crippen MR) is 122 cm³/mol. The first-order valence-corrected chi connectivity index (χ1v) is 12.8. The summed E-state index contributed by atoms with van der Waals surface area (Å²) in [5, 5.41) is 3.39. The van der Waals surface area contributed by atoms with E-state index in [4.69, 9.17) is 0 Å². The quantitative estimate of drug-likeness (QED) is 0.721. The Morgan fingerprint density at radius 1 is 0.967 bits per heavy atom. The average molecular weight is 409 g/mol. The summed E-state index contributed by atoms with van der Waals surface area (Å²) < 4.78 is 0. The van der Waals surface area contributed by atoms with E-state index in [2.05, 4.69) is 34.5 Å². The van der Waals surface area contributed by atoms with Gasteiger partial charge in [0, 0.05) is 14.8 Å². The fourth-order valence-electron chi connectivity index (χ4n) is 8.49. The summed E-state index contributed by atoms with van der Waals surface area (Å²) in [6.45, 7) is 2.57. The van der Waals surface area contributed by atoms with E-state index in [-0.39, 0.29) is 8.90 Å². The van der Waals surface area contributed by atoms with Gasteiger partial charge in [-0.15, -0.1) is 0 Å². The Balaban J connectivity index is 0.00000108. The van der Waals surface area contributed by atoms with Crippen molar-refractivity contribution in [3.05, 3.63) is 35.4 Å². The number of hydrogen-bond acceptors (Lipinski definition) is 2. The number of carbonyl (C=O) groups is 1. The van der Waals surface area contributed by atoms with Gasteiger partial charge in [0.15, 0.2) is 0 Å². The van der Waals surface area contributed by atoms with E-state index >= 15 is 0 Å². The number of benzene rings is 1. The van der Waals surface area contributed by atoms with Crippen LogP contribution in [0.1, 0.15) is 90.7 Å². The van der Waals surface area contributed by atoms with Gasteiger partial charge in [0.1, 0.15) is 0 Å². The molecule has 1 aromatic rings. The minimum Gasteiger partial charge on any atom is -0.349 e. The lowest BCUT2D eigenvalue weighted by Gasteiger charge is -2.48. The van der Waals surface area contributed by atoms with Gasteiger partial charge in [-0.3, -0.25) is 4.79 Å². The van der Waals surface area contributed by atoms with Crippen LogP contribution >= 0.6 is 0 Å². The molecule has 3 heteroatoms. The van der Waals surface area contributed by atoms with E-state index in [0.29, 0.717) is 17.2 Å².